The number of rotatable bonds is 18. The lowest BCUT2D eigenvalue weighted by atomic mass is 10.1. The van der Waals surface area contributed by atoms with Gasteiger partial charge in [-0.25, -0.2) is 34.3 Å². The maximum atomic E-state index is 12.8. The largest absolute Gasteiger partial charge is 0.392 e. The fraction of sp³-hybridized carbons (Fsp3) is 0.131. The van der Waals surface area contributed by atoms with Gasteiger partial charge in [0.05, 0.1) is 94.0 Å². The molecule has 0 spiro atoms. The number of piperazine rings is 1. The molecule has 113 heavy (non-hydrogen) atoms. The van der Waals surface area contributed by atoms with E-state index in [1.807, 2.05) is 110 Å². The molecule has 29 heteroatoms. The Labute approximate surface area is 671 Å². The Bertz CT molecular complexity index is 5450. The molecule has 7 N–H and O–H groups in total. The second-order valence-corrected chi connectivity index (χ2v) is 27.1. The van der Waals surface area contributed by atoms with Crippen LogP contribution in [-0.4, -0.2) is 132 Å². The minimum atomic E-state index is -0.483. The Morgan fingerprint density at radius 3 is 1.12 bits per heavy atom. The molecule has 1 saturated heterocycles. The van der Waals surface area contributed by atoms with Gasteiger partial charge in [-0.2, -0.15) is 10.2 Å². The second kappa shape index (κ2) is 38.1. The van der Waals surface area contributed by atoms with Crippen molar-refractivity contribution in [3.63, 3.8) is 0 Å². The highest BCUT2D eigenvalue weighted by molar-refractivity contribution is 6.35. The molecular formula is C84H74Cl4N20O5. The van der Waals surface area contributed by atoms with Gasteiger partial charge in [-0.05, 0) is 211 Å². The summed E-state index contributed by atoms with van der Waals surface area (Å²) in [5.74, 6) is 1.80. The molecule has 1 fully saturated rings. The third kappa shape index (κ3) is 21.1. The second-order valence-electron chi connectivity index (χ2n) is 25.4. The van der Waals surface area contributed by atoms with Crippen LogP contribution in [0.4, 0.5) is 34.4 Å². The minimum Gasteiger partial charge on any atom is -0.392 e. The Kier molecular flexibility index (Phi) is 26.8. The van der Waals surface area contributed by atoms with Gasteiger partial charge >= 0.3 is 0 Å². The molecule has 15 rings (SSSR count). The van der Waals surface area contributed by atoms with Crippen molar-refractivity contribution in [2.24, 2.45) is 0 Å². The van der Waals surface area contributed by atoms with Gasteiger partial charge in [0.2, 0.25) is 0 Å². The van der Waals surface area contributed by atoms with Crippen molar-refractivity contribution in [1.82, 2.24) is 69.7 Å². The van der Waals surface area contributed by atoms with E-state index in [4.69, 9.17) is 46.4 Å². The van der Waals surface area contributed by atoms with Gasteiger partial charge in [-0.3, -0.25) is 39.1 Å². The van der Waals surface area contributed by atoms with E-state index in [1.165, 1.54) is 11.0 Å². The molecule has 0 aliphatic carbocycles. The highest BCUT2D eigenvalue weighted by atomic mass is 35.5. The number of hydrogen-bond acceptors (Lipinski definition) is 19. The number of anilines is 6. The number of hydrogen-bond donors (Lipinski definition) is 7. The van der Waals surface area contributed by atoms with Crippen LogP contribution < -0.4 is 36.8 Å². The standard InChI is InChI=1S/C22H22ClN5O.C21H16ClN5O.C21H21ClN4O2.C20H15ClN6O/c1-15-17(6-8-21(26-15)28-12-10-24-11-13-28)22(29)27-16-5-7-19(23)18(14-16)20-4-2-3-9-25-20;1-14-16(7-9-20(25-14)27-12-4-11-24-27)21(28)26-15-6-8-18(22)17(13-15)19-5-2-3-10-23-19;1-13(27)12-24-20-9-7-16(14(2)25-20)21(28)26-15-6-8-18(22)17(11-15)19-5-3-4-10-23-19;1-13-15(6-8-19(25-13)27-12-22-11-24-27)20(28)26-14-5-7-17(21)16(10-14)18-4-2-3-9-23-18/h2-9,14,24H,10-13H2,1H3,(H,27,29);2-13H,1H3,(H,26,28);3-11,13,27H,12H2,1-2H3,(H,24,25)(H,26,28);2-12H,1H3,(H,26,28)/t;;13-;/m..1./s1. The van der Waals surface area contributed by atoms with Crippen molar-refractivity contribution in [3.8, 4) is 56.7 Å². The molecule has 10 aromatic heterocycles. The normalized spacial score (nSPS) is 11.8. The number of aliphatic hydroxyl groups is 1. The van der Waals surface area contributed by atoms with Crippen LogP contribution in [0, 0.1) is 27.7 Å². The Balaban J connectivity index is 0.000000140. The van der Waals surface area contributed by atoms with Crippen molar-refractivity contribution in [3.05, 3.63) is 315 Å². The number of aryl methyl sites for hydroxylation is 4. The first-order valence-electron chi connectivity index (χ1n) is 35.5. The van der Waals surface area contributed by atoms with E-state index in [1.54, 1.807) is 173 Å². The lowest BCUT2D eigenvalue weighted by Gasteiger charge is -2.28. The molecule has 4 amide bonds. The number of nitrogens with one attached hydrogen (secondary N) is 6. The van der Waals surface area contributed by atoms with Crippen LogP contribution in [0.5, 0.6) is 0 Å². The van der Waals surface area contributed by atoms with Crippen LogP contribution in [0.1, 0.15) is 71.1 Å². The predicted octanol–water partition coefficient (Wildman–Crippen LogP) is 16.4. The molecule has 0 bridgehead atoms. The zero-order valence-corrected chi connectivity index (χ0v) is 64.7. The summed E-state index contributed by atoms with van der Waals surface area (Å²) in [6.07, 6.45) is 12.8. The predicted molar refractivity (Wildman–Crippen MR) is 444 cm³/mol. The maximum Gasteiger partial charge on any atom is 0.257 e. The molecule has 1 atom stereocenters. The molecule has 0 unspecified atom stereocenters. The first kappa shape index (κ1) is 79.5. The number of benzene rings is 4. The highest BCUT2D eigenvalue weighted by Gasteiger charge is 2.21. The van der Waals surface area contributed by atoms with Crippen LogP contribution in [0.3, 0.4) is 0 Å². The smallest absolute Gasteiger partial charge is 0.257 e. The average Bonchev–Trinajstić information content (AvgIpc) is 1.07. The Morgan fingerprint density at radius 1 is 0.425 bits per heavy atom. The molecule has 4 aromatic carbocycles. The molecule has 14 aromatic rings. The van der Waals surface area contributed by atoms with Gasteiger partial charge < -0.3 is 41.9 Å². The zero-order chi connectivity index (χ0) is 79.3. The van der Waals surface area contributed by atoms with E-state index in [-0.39, 0.29) is 23.6 Å². The lowest BCUT2D eigenvalue weighted by Crippen LogP contribution is -2.44. The first-order chi connectivity index (χ1) is 54.8. The van der Waals surface area contributed by atoms with Gasteiger partial charge in [0.15, 0.2) is 11.6 Å². The first-order valence-corrected chi connectivity index (χ1v) is 37.0. The summed E-state index contributed by atoms with van der Waals surface area (Å²) < 4.78 is 3.18. The van der Waals surface area contributed by atoms with Crippen LogP contribution >= 0.6 is 46.4 Å². The number of amides is 4. The van der Waals surface area contributed by atoms with E-state index in [2.05, 4.69) is 91.9 Å². The molecule has 0 radical (unpaired) electrons. The quantitative estimate of drug-likeness (QED) is 0.0420. The maximum absolute atomic E-state index is 12.8. The summed E-state index contributed by atoms with van der Waals surface area (Å²) in [6.45, 7) is 13.0. The molecule has 568 valence electrons. The number of pyridine rings is 8. The van der Waals surface area contributed by atoms with E-state index < -0.39 is 6.10 Å². The number of carbonyl (C=O) groups excluding carboxylic acids is 4. The van der Waals surface area contributed by atoms with Crippen molar-refractivity contribution in [2.45, 2.75) is 40.7 Å². The van der Waals surface area contributed by atoms with E-state index >= 15 is 0 Å². The lowest BCUT2D eigenvalue weighted by molar-refractivity contribution is 0.101. The molecule has 0 saturated carbocycles. The number of aliphatic hydroxyl groups excluding tert-OH is 1. The van der Waals surface area contributed by atoms with Crippen LogP contribution in [0.15, 0.2) is 250 Å². The summed E-state index contributed by atoms with van der Waals surface area (Å²) in [4.78, 5) is 92.3. The number of carbonyl (C=O) groups is 4. The number of halogens is 4. The van der Waals surface area contributed by atoms with Crippen LogP contribution in [-0.2, 0) is 0 Å². The number of nitrogens with zero attached hydrogens (tertiary/aromatic N) is 14. The van der Waals surface area contributed by atoms with Gasteiger partial charge in [-0.15, -0.1) is 0 Å². The van der Waals surface area contributed by atoms with E-state index in [0.717, 1.165) is 77.0 Å². The Hall–Kier alpha value is -13.0. The summed E-state index contributed by atoms with van der Waals surface area (Å²) >= 11 is 25.2. The highest BCUT2D eigenvalue weighted by Crippen LogP contribution is 2.34. The van der Waals surface area contributed by atoms with Crippen molar-refractivity contribution in [2.75, 3.05) is 64.2 Å². The van der Waals surface area contributed by atoms with Crippen LogP contribution in [0.2, 0.25) is 20.1 Å². The number of aromatic nitrogens is 13. The molecule has 1 aliphatic heterocycles. The van der Waals surface area contributed by atoms with Crippen molar-refractivity contribution < 1.29 is 24.3 Å². The molecular weight excluding hydrogens is 1510 g/mol. The van der Waals surface area contributed by atoms with Gasteiger partial charge in [-0.1, -0.05) is 70.7 Å². The van der Waals surface area contributed by atoms with E-state index in [9.17, 15) is 24.3 Å². The summed E-state index contributed by atoms with van der Waals surface area (Å²) in [7, 11) is 0. The summed E-state index contributed by atoms with van der Waals surface area (Å²) in [5.41, 5.74) is 13.0. The molecule has 1 aliphatic rings. The summed E-state index contributed by atoms with van der Waals surface area (Å²) in [6, 6.07) is 59.6. The van der Waals surface area contributed by atoms with Crippen molar-refractivity contribution in [1.29, 1.82) is 0 Å². The SMILES string of the molecule is Cc1nc(-n2cccn2)ccc1C(=O)Nc1ccc(Cl)c(-c2ccccn2)c1.Cc1nc(-n2cncn2)ccc1C(=O)Nc1ccc(Cl)c(-c2ccccn2)c1.Cc1nc(N2CCNCC2)ccc1C(=O)Nc1ccc(Cl)c(-c2ccccn2)c1.Cc1nc(NC[C@@H](C)O)ccc1C(=O)Nc1ccc(Cl)c(-c2ccccn2)c1. The molecule has 25 nitrogen and oxygen atoms in total. The monoisotopic (exact) mass is 1580 g/mol. The average molecular weight is 1590 g/mol. The van der Waals surface area contributed by atoms with Gasteiger partial charge in [0.1, 0.15) is 24.3 Å². The Morgan fingerprint density at radius 2 is 0.788 bits per heavy atom. The third-order valence-corrected chi connectivity index (χ3v) is 18.7. The topological polar surface area (TPSA) is 316 Å². The molecule has 11 heterocycles. The van der Waals surface area contributed by atoms with Gasteiger partial charge in [0, 0.05) is 115 Å². The summed E-state index contributed by atoms with van der Waals surface area (Å²) in [5, 5.41) is 37.8. The zero-order valence-electron chi connectivity index (χ0n) is 61.6. The fourth-order valence-corrected chi connectivity index (χ4v) is 12.5. The van der Waals surface area contributed by atoms with Crippen molar-refractivity contribution >= 4 is 104 Å². The third-order valence-electron chi connectivity index (χ3n) is 17.4. The van der Waals surface area contributed by atoms with Gasteiger partial charge in [0.25, 0.3) is 23.6 Å². The van der Waals surface area contributed by atoms with Crippen LogP contribution in [0.25, 0.3) is 56.7 Å². The minimum absolute atomic E-state index is 0.198. The van der Waals surface area contributed by atoms with E-state index in [0.29, 0.717) is 112 Å². The fourth-order valence-electron chi connectivity index (χ4n) is 11.7.